The SMILES string of the molecule is CC(c1ccc(Oc2ccccc2)cc1)N1CCN(C(=N)N)CC1. The zero-order valence-electron chi connectivity index (χ0n) is 14.0. The maximum absolute atomic E-state index is 7.51. The first-order valence-corrected chi connectivity index (χ1v) is 8.29. The van der Waals surface area contributed by atoms with E-state index in [9.17, 15) is 0 Å². The first-order valence-electron chi connectivity index (χ1n) is 8.29. The lowest BCUT2D eigenvalue weighted by Crippen LogP contribution is -2.51. The Morgan fingerprint density at radius 3 is 2.12 bits per heavy atom. The Morgan fingerprint density at radius 2 is 1.54 bits per heavy atom. The molecule has 126 valence electrons. The second-order valence-corrected chi connectivity index (χ2v) is 6.07. The number of nitrogens with one attached hydrogen (secondary N) is 1. The third-order valence-corrected chi connectivity index (χ3v) is 4.54. The number of para-hydroxylation sites is 1. The van der Waals surface area contributed by atoms with Crippen molar-refractivity contribution in [2.75, 3.05) is 26.2 Å². The summed E-state index contributed by atoms with van der Waals surface area (Å²) in [7, 11) is 0. The first-order chi connectivity index (χ1) is 11.6. The number of nitrogens with two attached hydrogens (primary N) is 1. The summed E-state index contributed by atoms with van der Waals surface area (Å²) in [6, 6.07) is 18.4. The first kappa shape index (κ1) is 16.3. The summed E-state index contributed by atoms with van der Waals surface area (Å²) >= 11 is 0. The molecule has 1 atom stereocenters. The second kappa shape index (κ2) is 7.36. The number of guanidine groups is 1. The Morgan fingerprint density at radius 1 is 0.958 bits per heavy atom. The molecular formula is C19H24N4O. The minimum absolute atomic E-state index is 0.171. The number of ether oxygens (including phenoxy) is 1. The molecule has 1 heterocycles. The monoisotopic (exact) mass is 324 g/mol. The van der Waals surface area contributed by atoms with Gasteiger partial charge in [0, 0.05) is 32.2 Å². The molecule has 1 aliphatic rings. The molecule has 0 radical (unpaired) electrons. The lowest BCUT2D eigenvalue weighted by atomic mass is 10.1. The molecule has 1 unspecified atom stereocenters. The summed E-state index contributed by atoms with van der Waals surface area (Å²) in [6.45, 7) is 5.69. The molecule has 5 nitrogen and oxygen atoms in total. The highest BCUT2D eigenvalue weighted by Crippen LogP contribution is 2.26. The average molecular weight is 324 g/mol. The zero-order valence-corrected chi connectivity index (χ0v) is 14.0. The van der Waals surface area contributed by atoms with Crippen molar-refractivity contribution in [2.24, 2.45) is 5.73 Å². The fraction of sp³-hybridized carbons (Fsp3) is 0.316. The van der Waals surface area contributed by atoms with Gasteiger partial charge in [-0.25, -0.2) is 0 Å². The van der Waals surface area contributed by atoms with Crippen molar-refractivity contribution in [3.05, 3.63) is 60.2 Å². The molecule has 3 N–H and O–H groups in total. The van der Waals surface area contributed by atoms with Crippen LogP contribution < -0.4 is 10.5 Å². The summed E-state index contributed by atoms with van der Waals surface area (Å²) in [4.78, 5) is 4.34. The Hall–Kier alpha value is -2.53. The van der Waals surface area contributed by atoms with E-state index in [1.165, 1.54) is 5.56 Å². The van der Waals surface area contributed by atoms with Gasteiger partial charge in [0.2, 0.25) is 0 Å². The van der Waals surface area contributed by atoms with Crippen LogP contribution >= 0.6 is 0 Å². The van der Waals surface area contributed by atoms with Gasteiger partial charge in [-0.05, 0) is 36.8 Å². The van der Waals surface area contributed by atoms with E-state index < -0.39 is 0 Å². The summed E-state index contributed by atoms with van der Waals surface area (Å²) in [6.07, 6.45) is 0. The molecule has 0 aromatic heterocycles. The predicted molar refractivity (Wildman–Crippen MR) is 96.4 cm³/mol. The van der Waals surface area contributed by atoms with Gasteiger partial charge in [0.05, 0.1) is 0 Å². The molecule has 2 aromatic carbocycles. The number of hydrogen-bond acceptors (Lipinski definition) is 3. The molecule has 1 aliphatic heterocycles. The normalized spacial score (nSPS) is 16.6. The van der Waals surface area contributed by atoms with Gasteiger partial charge >= 0.3 is 0 Å². The van der Waals surface area contributed by atoms with Crippen LogP contribution in [0.15, 0.2) is 54.6 Å². The highest BCUT2D eigenvalue weighted by atomic mass is 16.5. The Balaban J connectivity index is 1.60. The molecule has 5 heteroatoms. The van der Waals surface area contributed by atoms with E-state index in [1.807, 2.05) is 47.4 Å². The standard InChI is InChI=1S/C19H24N4O/c1-15(22-11-13-23(14-12-22)19(20)21)16-7-9-18(10-8-16)24-17-5-3-2-4-6-17/h2-10,15H,11-14H2,1H3,(H3,20,21). The van der Waals surface area contributed by atoms with Crippen molar-refractivity contribution in [3.63, 3.8) is 0 Å². The van der Waals surface area contributed by atoms with E-state index >= 15 is 0 Å². The van der Waals surface area contributed by atoms with Crippen LogP contribution in [0.1, 0.15) is 18.5 Å². The molecular weight excluding hydrogens is 300 g/mol. The maximum atomic E-state index is 7.51. The van der Waals surface area contributed by atoms with Crippen LogP contribution in [-0.2, 0) is 0 Å². The van der Waals surface area contributed by atoms with Gasteiger partial charge in [0.15, 0.2) is 5.96 Å². The van der Waals surface area contributed by atoms with E-state index in [0.29, 0.717) is 6.04 Å². The van der Waals surface area contributed by atoms with Crippen LogP contribution in [0, 0.1) is 5.41 Å². The smallest absolute Gasteiger partial charge is 0.188 e. The second-order valence-electron chi connectivity index (χ2n) is 6.07. The van der Waals surface area contributed by atoms with Crippen molar-refractivity contribution in [3.8, 4) is 11.5 Å². The molecule has 2 aromatic rings. The lowest BCUT2D eigenvalue weighted by Gasteiger charge is -2.38. The van der Waals surface area contributed by atoms with E-state index in [0.717, 1.165) is 37.7 Å². The minimum atomic E-state index is 0.171. The number of nitrogens with zero attached hydrogens (tertiary/aromatic N) is 2. The van der Waals surface area contributed by atoms with Gasteiger partial charge < -0.3 is 15.4 Å². The van der Waals surface area contributed by atoms with Gasteiger partial charge in [-0.15, -0.1) is 0 Å². The Bertz CT molecular complexity index is 664. The van der Waals surface area contributed by atoms with Crippen LogP contribution in [0.3, 0.4) is 0 Å². The highest BCUT2D eigenvalue weighted by Gasteiger charge is 2.22. The van der Waals surface area contributed by atoms with Gasteiger partial charge in [-0.2, -0.15) is 0 Å². The van der Waals surface area contributed by atoms with E-state index in [4.69, 9.17) is 15.9 Å². The van der Waals surface area contributed by atoms with Crippen molar-refractivity contribution in [1.29, 1.82) is 5.41 Å². The summed E-state index contributed by atoms with van der Waals surface area (Å²) in [5, 5.41) is 7.51. The fourth-order valence-electron chi connectivity index (χ4n) is 3.00. The van der Waals surface area contributed by atoms with Crippen molar-refractivity contribution >= 4 is 5.96 Å². The van der Waals surface area contributed by atoms with Gasteiger partial charge in [-0.3, -0.25) is 10.3 Å². The molecule has 0 bridgehead atoms. The van der Waals surface area contributed by atoms with Gasteiger partial charge in [0.1, 0.15) is 11.5 Å². The van der Waals surface area contributed by atoms with Gasteiger partial charge in [0.25, 0.3) is 0 Å². The summed E-state index contributed by atoms with van der Waals surface area (Å²) < 4.78 is 5.84. The predicted octanol–water partition coefficient (Wildman–Crippen LogP) is 3.05. The molecule has 3 rings (SSSR count). The number of benzene rings is 2. The molecule has 0 aliphatic carbocycles. The number of piperazine rings is 1. The molecule has 0 spiro atoms. The fourth-order valence-corrected chi connectivity index (χ4v) is 3.00. The Kier molecular flexibility index (Phi) is 5.01. The molecule has 1 fully saturated rings. The van der Waals surface area contributed by atoms with Crippen molar-refractivity contribution in [1.82, 2.24) is 9.80 Å². The van der Waals surface area contributed by atoms with Crippen LogP contribution in [0.4, 0.5) is 0 Å². The quantitative estimate of drug-likeness (QED) is 0.670. The van der Waals surface area contributed by atoms with Crippen LogP contribution in [0.5, 0.6) is 11.5 Å². The third kappa shape index (κ3) is 3.86. The maximum Gasteiger partial charge on any atom is 0.188 e. The molecule has 0 saturated carbocycles. The topological polar surface area (TPSA) is 65.6 Å². The van der Waals surface area contributed by atoms with Crippen molar-refractivity contribution in [2.45, 2.75) is 13.0 Å². The average Bonchev–Trinajstić information content (AvgIpc) is 2.63. The van der Waals surface area contributed by atoms with E-state index in [1.54, 1.807) is 0 Å². The molecule has 24 heavy (non-hydrogen) atoms. The lowest BCUT2D eigenvalue weighted by molar-refractivity contribution is 0.139. The van der Waals surface area contributed by atoms with Crippen molar-refractivity contribution < 1.29 is 4.74 Å². The highest BCUT2D eigenvalue weighted by molar-refractivity contribution is 5.74. The molecule has 0 amide bonds. The minimum Gasteiger partial charge on any atom is -0.457 e. The van der Waals surface area contributed by atoms with E-state index in [-0.39, 0.29) is 5.96 Å². The zero-order chi connectivity index (χ0) is 16.9. The summed E-state index contributed by atoms with van der Waals surface area (Å²) in [5.74, 6) is 1.86. The third-order valence-electron chi connectivity index (χ3n) is 4.54. The van der Waals surface area contributed by atoms with E-state index in [2.05, 4.69) is 24.0 Å². The number of rotatable bonds is 4. The summed E-state index contributed by atoms with van der Waals surface area (Å²) in [5.41, 5.74) is 6.83. The van der Waals surface area contributed by atoms with Crippen LogP contribution in [0.25, 0.3) is 0 Å². The van der Waals surface area contributed by atoms with Crippen LogP contribution in [0.2, 0.25) is 0 Å². The van der Waals surface area contributed by atoms with Crippen LogP contribution in [-0.4, -0.2) is 41.9 Å². The largest absolute Gasteiger partial charge is 0.457 e. The Labute approximate surface area is 143 Å². The van der Waals surface area contributed by atoms with Gasteiger partial charge in [-0.1, -0.05) is 30.3 Å². The molecule has 1 saturated heterocycles. The number of hydrogen-bond donors (Lipinski definition) is 2.